The Hall–Kier alpha value is -0.840. The molecule has 0 bridgehead atoms. The van der Waals surface area contributed by atoms with Crippen molar-refractivity contribution in [2.75, 3.05) is 18.5 Å². The molecule has 0 saturated carbocycles. The number of rotatable bonds is 3. The molecule has 1 aromatic heterocycles. The Morgan fingerprint density at radius 2 is 2.06 bits per heavy atom. The normalized spacial score (nSPS) is 25.1. The maximum absolute atomic E-state index is 6.19. The molecular formula is C13H21ClN4. The van der Waals surface area contributed by atoms with Crippen molar-refractivity contribution in [3.63, 3.8) is 0 Å². The van der Waals surface area contributed by atoms with Gasteiger partial charge in [-0.3, -0.25) is 4.90 Å². The third-order valence-electron chi connectivity index (χ3n) is 3.38. The molecule has 0 radical (unpaired) electrons. The van der Waals surface area contributed by atoms with E-state index in [4.69, 9.17) is 17.4 Å². The second-order valence-corrected chi connectivity index (χ2v) is 5.82. The van der Waals surface area contributed by atoms with Gasteiger partial charge in [-0.1, -0.05) is 25.4 Å². The molecule has 0 aromatic carbocycles. The molecule has 5 heteroatoms. The number of piperidine rings is 1. The van der Waals surface area contributed by atoms with Gasteiger partial charge in [-0.2, -0.15) is 0 Å². The zero-order chi connectivity index (χ0) is 13.1. The smallest absolute Gasteiger partial charge is 0.140 e. The summed E-state index contributed by atoms with van der Waals surface area (Å²) in [5, 5.41) is 0.708. The van der Waals surface area contributed by atoms with E-state index in [0.717, 1.165) is 37.2 Å². The van der Waals surface area contributed by atoms with Gasteiger partial charge in [-0.05, 0) is 30.4 Å². The summed E-state index contributed by atoms with van der Waals surface area (Å²) in [6, 6.07) is 3.63. The number of halogens is 1. The highest BCUT2D eigenvalue weighted by atomic mass is 35.5. The van der Waals surface area contributed by atoms with Crippen molar-refractivity contribution >= 4 is 17.4 Å². The van der Waals surface area contributed by atoms with Crippen LogP contribution >= 0.6 is 11.6 Å². The van der Waals surface area contributed by atoms with Gasteiger partial charge in [0.25, 0.3) is 0 Å². The van der Waals surface area contributed by atoms with Gasteiger partial charge in [0, 0.05) is 19.6 Å². The van der Waals surface area contributed by atoms with Crippen molar-refractivity contribution in [1.29, 1.82) is 0 Å². The lowest BCUT2D eigenvalue weighted by Gasteiger charge is -2.34. The summed E-state index contributed by atoms with van der Waals surface area (Å²) < 4.78 is 0. The van der Waals surface area contributed by atoms with E-state index in [9.17, 15) is 0 Å². The lowest BCUT2D eigenvalue weighted by Crippen LogP contribution is -2.38. The number of anilines is 1. The molecule has 1 aliphatic rings. The molecule has 2 unspecified atom stereocenters. The average molecular weight is 269 g/mol. The molecule has 1 saturated heterocycles. The standard InChI is InChI=1S/C13H21ClN4/c1-9-5-10(2)7-18(6-9)8-12-11(14)3-4-13(16-12)17-15/h3-4,9-10H,5-8,15H2,1-2H3,(H,16,17). The van der Waals surface area contributed by atoms with Crippen molar-refractivity contribution in [2.24, 2.45) is 17.7 Å². The van der Waals surface area contributed by atoms with Gasteiger partial charge in [-0.25, -0.2) is 10.8 Å². The minimum Gasteiger partial charge on any atom is -0.308 e. The first kappa shape index (κ1) is 13.6. The quantitative estimate of drug-likeness (QED) is 0.653. The fourth-order valence-electron chi connectivity index (χ4n) is 2.81. The van der Waals surface area contributed by atoms with Crippen LogP contribution in [-0.4, -0.2) is 23.0 Å². The number of nitrogens with zero attached hydrogens (tertiary/aromatic N) is 2. The second-order valence-electron chi connectivity index (χ2n) is 5.41. The summed E-state index contributed by atoms with van der Waals surface area (Å²) >= 11 is 6.19. The zero-order valence-electron chi connectivity index (χ0n) is 11.0. The number of hydrogen-bond donors (Lipinski definition) is 2. The number of pyridine rings is 1. The van der Waals surface area contributed by atoms with E-state index in [0.29, 0.717) is 10.8 Å². The fraction of sp³-hybridized carbons (Fsp3) is 0.615. The van der Waals surface area contributed by atoms with E-state index in [1.165, 1.54) is 6.42 Å². The molecular weight excluding hydrogens is 248 g/mol. The van der Waals surface area contributed by atoms with Crippen LogP contribution in [0.5, 0.6) is 0 Å². The summed E-state index contributed by atoms with van der Waals surface area (Å²) in [6.07, 6.45) is 1.31. The molecule has 0 aliphatic carbocycles. The van der Waals surface area contributed by atoms with Gasteiger partial charge in [0.05, 0.1) is 10.7 Å². The molecule has 100 valence electrons. The maximum Gasteiger partial charge on any atom is 0.140 e. The van der Waals surface area contributed by atoms with Crippen LogP contribution in [0.2, 0.25) is 5.02 Å². The van der Waals surface area contributed by atoms with E-state index >= 15 is 0 Å². The summed E-state index contributed by atoms with van der Waals surface area (Å²) in [5.74, 6) is 7.52. The largest absolute Gasteiger partial charge is 0.308 e. The number of hydrazine groups is 1. The number of likely N-dealkylation sites (tertiary alicyclic amines) is 1. The highest BCUT2D eigenvalue weighted by Gasteiger charge is 2.22. The first-order valence-electron chi connectivity index (χ1n) is 6.43. The molecule has 1 fully saturated rings. The Labute approximate surface area is 113 Å². The predicted octanol–water partition coefficient (Wildman–Crippen LogP) is 2.50. The van der Waals surface area contributed by atoms with E-state index in [1.807, 2.05) is 6.07 Å². The van der Waals surface area contributed by atoms with Crippen LogP contribution in [0.25, 0.3) is 0 Å². The SMILES string of the molecule is CC1CC(C)CN(Cc2nc(NN)ccc2Cl)C1. The van der Waals surface area contributed by atoms with Crippen molar-refractivity contribution in [2.45, 2.75) is 26.8 Å². The van der Waals surface area contributed by atoms with Crippen molar-refractivity contribution in [1.82, 2.24) is 9.88 Å². The number of nitrogens with two attached hydrogens (primary N) is 1. The number of nitrogen functional groups attached to an aromatic ring is 1. The van der Waals surface area contributed by atoms with Crippen LogP contribution in [0.4, 0.5) is 5.82 Å². The maximum atomic E-state index is 6.19. The highest BCUT2D eigenvalue weighted by Crippen LogP contribution is 2.24. The van der Waals surface area contributed by atoms with Crippen molar-refractivity contribution in [3.8, 4) is 0 Å². The van der Waals surface area contributed by atoms with Gasteiger partial charge in [-0.15, -0.1) is 0 Å². The second kappa shape index (κ2) is 5.87. The lowest BCUT2D eigenvalue weighted by atomic mass is 9.92. The fourth-order valence-corrected chi connectivity index (χ4v) is 2.97. The van der Waals surface area contributed by atoms with E-state index in [1.54, 1.807) is 6.07 Å². The van der Waals surface area contributed by atoms with E-state index in [-0.39, 0.29) is 0 Å². The molecule has 1 aromatic rings. The monoisotopic (exact) mass is 268 g/mol. The van der Waals surface area contributed by atoms with Crippen LogP contribution < -0.4 is 11.3 Å². The average Bonchev–Trinajstić information content (AvgIpc) is 2.30. The molecule has 2 heterocycles. The van der Waals surface area contributed by atoms with Crippen LogP contribution in [0.3, 0.4) is 0 Å². The summed E-state index contributed by atoms with van der Waals surface area (Å²) in [7, 11) is 0. The molecule has 3 N–H and O–H groups in total. The van der Waals surface area contributed by atoms with Crippen molar-refractivity contribution in [3.05, 3.63) is 22.8 Å². The van der Waals surface area contributed by atoms with E-state index < -0.39 is 0 Å². The minimum absolute atomic E-state index is 0.660. The van der Waals surface area contributed by atoms with Crippen LogP contribution in [0.1, 0.15) is 26.0 Å². The van der Waals surface area contributed by atoms with Crippen LogP contribution in [0.15, 0.2) is 12.1 Å². The van der Waals surface area contributed by atoms with Gasteiger partial charge >= 0.3 is 0 Å². The summed E-state index contributed by atoms with van der Waals surface area (Å²) in [4.78, 5) is 6.85. The Balaban J connectivity index is 2.08. The molecule has 1 aliphatic heterocycles. The highest BCUT2D eigenvalue weighted by molar-refractivity contribution is 6.31. The Morgan fingerprint density at radius 3 is 2.67 bits per heavy atom. The Bertz CT molecular complexity index is 400. The van der Waals surface area contributed by atoms with Crippen LogP contribution in [0, 0.1) is 11.8 Å². The molecule has 18 heavy (non-hydrogen) atoms. The summed E-state index contributed by atoms with van der Waals surface area (Å²) in [6.45, 7) is 7.62. The van der Waals surface area contributed by atoms with Gasteiger partial charge in [0.15, 0.2) is 0 Å². The molecule has 2 atom stereocenters. The lowest BCUT2D eigenvalue weighted by molar-refractivity contribution is 0.133. The molecule has 4 nitrogen and oxygen atoms in total. The third kappa shape index (κ3) is 3.34. The van der Waals surface area contributed by atoms with Gasteiger partial charge in [0.1, 0.15) is 5.82 Å². The number of nitrogens with one attached hydrogen (secondary N) is 1. The Kier molecular flexibility index (Phi) is 4.43. The van der Waals surface area contributed by atoms with Gasteiger partial charge < -0.3 is 5.43 Å². The molecule has 0 spiro atoms. The number of aromatic nitrogens is 1. The third-order valence-corrected chi connectivity index (χ3v) is 3.73. The summed E-state index contributed by atoms with van der Waals surface area (Å²) in [5.41, 5.74) is 3.46. The Morgan fingerprint density at radius 1 is 1.39 bits per heavy atom. The topological polar surface area (TPSA) is 54.2 Å². The van der Waals surface area contributed by atoms with Crippen LogP contribution in [-0.2, 0) is 6.54 Å². The molecule has 2 rings (SSSR count). The predicted molar refractivity (Wildman–Crippen MR) is 75.3 cm³/mol. The number of hydrogen-bond acceptors (Lipinski definition) is 4. The first-order chi connectivity index (χ1) is 8.58. The van der Waals surface area contributed by atoms with E-state index in [2.05, 4.69) is 29.2 Å². The molecule has 0 amide bonds. The van der Waals surface area contributed by atoms with Crippen molar-refractivity contribution < 1.29 is 0 Å². The zero-order valence-corrected chi connectivity index (χ0v) is 11.7. The first-order valence-corrected chi connectivity index (χ1v) is 6.80. The minimum atomic E-state index is 0.660. The van der Waals surface area contributed by atoms with Gasteiger partial charge in [0.2, 0.25) is 0 Å².